The van der Waals surface area contributed by atoms with E-state index in [4.69, 9.17) is 10.8 Å². The molecule has 9 heteroatoms. The first-order chi connectivity index (χ1) is 14.4. The molecule has 0 fully saturated rings. The number of aldehydes is 1. The second-order valence-electron chi connectivity index (χ2n) is 5.82. The van der Waals surface area contributed by atoms with Crippen molar-refractivity contribution in [3.63, 3.8) is 0 Å². The Hall–Kier alpha value is -3.30. The third-order valence-corrected chi connectivity index (χ3v) is 4.80. The van der Waals surface area contributed by atoms with Crippen LogP contribution in [0.5, 0.6) is 0 Å². The van der Waals surface area contributed by atoms with Gasteiger partial charge in [-0.25, -0.2) is 15.0 Å². The maximum atomic E-state index is 11.1. The van der Waals surface area contributed by atoms with Gasteiger partial charge < -0.3 is 21.1 Å². The van der Waals surface area contributed by atoms with Crippen molar-refractivity contribution in [3.8, 4) is 10.7 Å². The molecule has 0 aliphatic heterocycles. The van der Waals surface area contributed by atoms with Crippen molar-refractivity contribution in [1.82, 2.24) is 19.5 Å². The molecule has 3 aromatic heterocycles. The third kappa shape index (κ3) is 6.10. The molecule has 30 heavy (non-hydrogen) atoms. The number of aliphatic hydroxyl groups is 1. The SMILES string of the molecule is CN.C\C=C(C)/C=C\C(O)=C\C.Cn1c(N)c(C=O)c2nc(-c3nccs3)cnc21. The summed E-state index contributed by atoms with van der Waals surface area (Å²) in [5, 5.41) is 11.6. The first kappa shape index (κ1) is 24.7. The summed E-state index contributed by atoms with van der Waals surface area (Å²) in [4.78, 5) is 24.0. The molecule has 0 radical (unpaired) electrons. The van der Waals surface area contributed by atoms with Gasteiger partial charge >= 0.3 is 0 Å². The zero-order valence-electron chi connectivity index (χ0n) is 17.8. The fraction of sp³-hybridized carbons (Fsp3) is 0.238. The molecule has 0 atom stereocenters. The minimum absolute atomic E-state index is 0.307. The Labute approximate surface area is 180 Å². The summed E-state index contributed by atoms with van der Waals surface area (Å²) in [6, 6.07) is 0. The lowest BCUT2D eigenvalue weighted by atomic mass is 10.2. The van der Waals surface area contributed by atoms with E-state index in [1.165, 1.54) is 18.4 Å². The van der Waals surface area contributed by atoms with Crippen LogP contribution < -0.4 is 11.5 Å². The molecule has 0 bridgehead atoms. The number of nitrogens with zero attached hydrogens (tertiary/aromatic N) is 4. The summed E-state index contributed by atoms with van der Waals surface area (Å²) in [6.07, 6.45) is 11.2. The van der Waals surface area contributed by atoms with Crippen molar-refractivity contribution in [2.75, 3.05) is 12.8 Å². The highest BCUT2D eigenvalue weighted by Gasteiger charge is 2.16. The fourth-order valence-electron chi connectivity index (χ4n) is 2.20. The minimum Gasteiger partial charge on any atom is -0.508 e. The fourth-order valence-corrected chi connectivity index (χ4v) is 2.79. The van der Waals surface area contributed by atoms with Gasteiger partial charge in [0.2, 0.25) is 0 Å². The average Bonchev–Trinajstić information content (AvgIpc) is 3.40. The monoisotopic (exact) mass is 428 g/mol. The van der Waals surface area contributed by atoms with Gasteiger partial charge in [0.15, 0.2) is 11.9 Å². The number of nitrogens with two attached hydrogens (primary N) is 2. The largest absolute Gasteiger partial charge is 0.508 e. The van der Waals surface area contributed by atoms with Crippen molar-refractivity contribution >= 4 is 34.6 Å². The molecular weight excluding hydrogens is 400 g/mol. The molecule has 3 aromatic rings. The number of hydrogen-bond donors (Lipinski definition) is 3. The maximum Gasteiger partial charge on any atom is 0.160 e. The van der Waals surface area contributed by atoms with Crippen LogP contribution in [-0.4, -0.2) is 38.0 Å². The molecule has 0 aliphatic rings. The quantitative estimate of drug-likeness (QED) is 0.324. The van der Waals surface area contributed by atoms with Crippen LogP contribution in [0.1, 0.15) is 31.1 Å². The van der Waals surface area contributed by atoms with E-state index in [2.05, 4.69) is 20.7 Å². The molecule has 0 unspecified atom stereocenters. The smallest absolute Gasteiger partial charge is 0.160 e. The van der Waals surface area contributed by atoms with E-state index in [1.54, 1.807) is 43.1 Å². The standard InChI is InChI=1S/C11H9N5OS.C9H14O.CH5N/c1-16-9(12)6(5-17)8-10(16)14-4-7(15-8)11-13-2-3-18-11;1-4-8(3)6-7-9(10)5-2;1-2/h2-5H,12H2,1H3;4-7,10H,1-3H3;2H2,1H3/b;7-6-,8-4-,9-5-;. The van der Waals surface area contributed by atoms with Crippen LogP contribution >= 0.6 is 11.3 Å². The van der Waals surface area contributed by atoms with Crippen molar-refractivity contribution < 1.29 is 9.90 Å². The van der Waals surface area contributed by atoms with Gasteiger partial charge in [-0.1, -0.05) is 17.7 Å². The van der Waals surface area contributed by atoms with Crippen LogP contribution in [0.4, 0.5) is 5.82 Å². The zero-order valence-corrected chi connectivity index (χ0v) is 18.6. The molecule has 5 N–H and O–H groups in total. The Kier molecular flexibility index (Phi) is 10.1. The lowest BCUT2D eigenvalue weighted by molar-refractivity contribution is 0.112. The molecule has 3 heterocycles. The zero-order chi connectivity index (χ0) is 22.7. The Morgan fingerprint density at radius 2 is 1.90 bits per heavy atom. The van der Waals surface area contributed by atoms with Gasteiger partial charge in [-0.3, -0.25) is 4.79 Å². The molecule has 0 saturated carbocycles. The van der Waals surface area contributed by atoms with Crippen molar-refractivity contribution in [2.24, 2.45) is 12.8 Å². The lowest BCUT2D eigenvalue weighted by Crippen LogP contribution is -1.98. The number of anilines is 1. The van der Waals surface area contributed by atoms with Crippen molar-refractivity contribution in [2.45, 2.75) is 20.8 Å². The topological polar surface area (TPSA) is 133 Å². The number of aryl methyl sites for hydroxylation is 1. The van der Waals surface area contributed by atoms with Crippen LogP contribution in [0, 0.1) is 0 Å². The highest BCUT2D eigenvalue weighted by Crippen LogP contribution is 2.26. The van der Waals surface area contributed by atoms with Crippen LogP contribution in [0.25, 0.3) is 21.9 Å². The van der Waals surface area contributed by atoms with Crippen molar-refractivity contribution in [1.29, 1.82) is 0 Å². The Bertz CT molecular complexity index is 1030. The molecule has 8 nitrogen and oxygen atoms in total. The van der Waals surface area contributed by atoms with E-state index in [0.29, 0.717) is 40.3 Å². The molecular formula is C21H28N6O2S. The molecule has 0 saturated heterocycles. The lowest BCUT2D eigenvalue weighted by Gasteiger charge is -1.97. The number of aliphatic hydroxyl groups excluding tert-OH is 1. The summed E-state index contributed by atoms with van der Waals surface area (Å²) >= 11 is 1.47. The first-order valence-electron chi connectivity index (χ1n) is 9.12. The molecule has 0 spiro atoms. The predicted octanol–water partition coefficient (Wildman–Crippen LogP) is 4.03. The molecule has 3 rings (SSSR count). The van der Waals surface area contributed by atoms with E-state index in [0.717, 1.165) is 10.6 Å². The number of nitrogen functional groups attached to an aromatic ring is 1. The second-order valence-corrected chi connectivity index (χ2v) is 6.71. The van der Waals surface area contributed by atoms with Gasteiger partial charge in [0.05, 0.1) is 11.8 Å². The van der Waals surface area contributed by atoms with Gasteiger partial charge in [0, 0.05) is 18.6 Å². The highest BCUT2D eigenvalue weighted by molar-refractivity contribution is 7.13. The normalized spacial score (nSPS) is 11.7. The number of rotatable bonds is 4. The van der Waals surface area contributed by atoms with Crippen LogP contribution in [-0.2, 0) is 7.05 Å². The van der Waals surface area contributed by atoms with Gasteiger partial charge in [-0.05, 0) is 40.0 Å². The summed E-state index contributed by atoms with van der Waals surface area (Å²) < 4.78 is 1.65. The van der Waals surface area contributed by atoms with Crippen LogP contribution in [0.15, 0.2) is 53.4 Å². The molecule has 160 valence electrons. The number of hydrogen-bond acceptors (Lipinski definition) is 8. The predicted molar refractivity (Wildman–Crippen MR) is 124 cm³/mol. The van der Waals surface area contributed by atoms with E-state index in [9.17, 15) is 4.79 Å². The number of carbonyl (C=O) groups is 1. The van der Waals surface area contributed by atoms with E-state index < -0.39 is 0 Å². The maximum absolute atomic E-state index is 11.1. The average molecular weight is 429 g/mol. The second kappa shape index (κ2) is 12.3. The summed E-state index contributed by atoms with van der Waals surface area (Å²) in [5.74, 6) is 0.678. The first-order valence-corrected chi connectivity index (χ1v) is 10.0. The number of fused-ring (bicyclic) bond motifs is 1. The van der Waals surface area contributed by atoms with E-state index in [-0.39, 0.29) is 0 Å². The third-order valence-electron chi connectivity index (χ3n) is 4.00. The minimum atomic E-state index is 0.307. The summed E-state index contributed by atoms with van der Waals surface area (Å²) in [5.41, 5.74) is 13.6. The highest BCUT2D eigenvalue weighted by atomic mass is 32.1. The number of carbonyl (C=O) groups excluding carboxylic acids is 1. The number of aromatic nitrogens is 4. The van der Waals surface area contributed by atoms with Crippen LogP contribution in [0.2, 0.25) is 0 Å². The summed E-state index contributed by atoms with van der Waals surface area (Å²) in [6.45, 7) is 5.75. The Balaban J connectivity index is 0.000000323. The van der Waals surface area contributed by atoms with E-state index in [1.807, 2.05) is 31.4 Å². The number of allylic oxidation sites excluding steroid dienone is 5. The summed E-state index contributed by atoms with van der Waals surface area (Å²) in [7, 11) is 3.25. The van der Waals surface area contributed by atoms with Crippen LogP contribution in [0.3, 0.4) is 0 Å². The van der Waals surface area contributed by atoms with Gasteiger partial charge in [0.1, 0.15) is 27.8 Å². The van der Waals surface area contributed by atoms with Gasteiger partial charge in [-0.15, -0.1) is 11.3 Å². The van der Waals surface area contributed by atoms with Crippen molar-refractivity contribution in [3.05, 3.63) is 59.0 Å². The Morgan fingerprint density at radius 3 is 2.43 bits per heavy atom. The molecule has 0 amide bonds. The molecule has 0 aliphatic carbocycles. The Morgan fingerprint density at radius 1 is 1.20 bits per heavy atom. The van der Waals surface area contributed by atoms with E-state index >= 15 is 0 Å². The van der Waals surface area contributed by atoms with Gasteiger partial charge in [0.25, 0.3) is 0 Å². The van der Waals surface area contributed by atoms with Gasteiger partial charge in [-0.2, -0.15) is 0 Å². The molecule has 0 aromatic carbocycles. The number of thiazole rings is 1.